The molecule has 4 heteroatoms. The van der Waals surface area contributed by atoms with Crippen LogP contribution in [-0.2, 0) is 0 Å². The summed E-state index contributed by atoms with van der Waals surface area (Å²) >= 11 is 0. The van der Waals surface area contributed by atoms with Gasteiger partial charge in [0.05, 0.1) is 6.54 Å². The molecule has 0 aliphatic heterocycles. The Balaban J connectivity index is 1.76. The number of rotatable bonds is 5. The van der Waals surface area contributed by atoms with Gasteiger partial charge in [0.1, 0.15) is 12.4 Å². The monoisotopic (exact) mass is 298 g/mol. The third-order valence-electron chi connectivity index (χ3n) is 3.59. The first-order chi connectivity index (χ1) is 10.6. The van der Waals surface area contributed by atoms with Crippen molar-refractivity contribution < 1.29 is 9.53 Å². The molecule has 0 aliphatic rings. The first kappa shape index (κ1) is 15.9. The van der Waals surface area contributed by atoms with E-state index in [-0.39, 0.29) is 6.03 Å². The topological polar surface area (TPSA) is 50.4 Å². The molecule has 2 aromatic rings. The van der Waals surface area contributed by atoms with Gasteiger partial charge in [-0.3, -0.25) is 0 Å². The number of amides is 2. The summed E-state index contributed by atoms with van der Waals surface area (Å²) in [6.07, 6.45) is 0. The van der Waals surface area contributed by atoms with Crippen molar-refractivity contribution in [2.45, 2.75) is 20.8 Å². The van der Waals surface area contributed by atoms with Gasteiger partial charge < -0.3 is 15.4 Å². The van der Waals surface area contributed by atoms with Crippen LogP contribution in [0, 0.1) is 20.8 Å². The van der Waals surface area contributed by atoms with Gasteiger partial charge >= 0.3 is 6.03 Å². The lowest BCUT2D eigenvalue weighted by Gasteiger charge is -2.12. The molecule has 0 fully saturated rings. The van der Waals surface area contributed by atoms with Gasteiger partial charge in [-0.15, -0.1) is 0 Å². The summed E-state index contributed by atoms with van der Waals surface area (Å²) in [4.78, 5) is 11.8. The molecule has 22 heavy (non-hydrogen) atoms. The molecule has 0 atom stereocenters. The smallest absolute Gasteiger partial charge is 0.319 e. The summed E-state index contributed by atoms with van der Waals surface area (Å²) in [5.74, 6) is 0.862. The number of carbonyl (C=O) groups excluding carboxylic acids is 1. The minimum absolute atomic E-state index is 0.223. The third-order valence-corrected chi connectivity index (χ3v) is 3.59. The van der Waals surface area contributed by atoms with Crippen LogP contribution < -0.4 is 15.4 Å². The molecule has 2 aromatic carbocycles. The number of hydrogen-bond donors (Lipinski definition) is 2. The van der Waals surface area contributed by atoms with E-state index in [0.29, 0.717) is 13.2 Å². The van der Waals surface area contributed by atoms with E-state index >= 15 is 0 Å². The van der Waals surface area contributed by atoms with Crippen molar-refractivity contribution in [1.29, 1.82) is 0 Å². The van der Waals surface area contributed by atoms with Gasteiger partial charge in [0.25, 0.3) is 0 Å². The Bertz CT molecular complexity index is 653. The van der Waals surface area contributed by atoms with Gasteiger partial charge in [-0.25, -0.2) is 4.79 Å². The first-order valence-corrected chi connectivity index (χ1v) is 7.37. The number of nitrogens with one attached hydrogen (secondary N) is 2. The molecule has 0 aliphatic carbocycles. The zero-order valence-electron chi connectivity index (χ0n) is 13.3. The Morgan fingerprint density at radius 3 is 2.50 bits per heavy atom. The number of hydrogen-bond acceptors (Lipinski definition) is 2. The maximum atomic E-state index is 11.8. The summed E-state index contributed by atoms with van der Waals surface area (Å²) in [5.41, 5.74) is 4.18. The van der Waals surface area contributed by atoms with Crippen molar-refractivity contribution in [3.63, 3.8) is 0 Å². The molecule has 0 aromatic heterocycles. The molecule has 0 unspecified atom stereocenters. The summed E-state index contributed by atoms with van der Waals surface area (Å²) in [7, 11) is 0. The second-order valence-electron chi connectivity index (χ2n) is 5.24. The van der Waals surface area contributed by atoms with Gasteiger partial charge in [-0.05, 0) is 49.6 Å². The molecule has 116 valence electrons. The first-order valence-electron chi connectivity index (χ1n) is 7.37. The highest BCUT2D eigenvalue weighted by atomic mass is 16.5. The second kappa shape index (κ2) is 7.50. The maximum absolute atomic E-state index is 11.8. The predicted molar refractivity (Wildman–Crippen MR) is 89.6 cm³/mol. The second-order valence-corrected chi connectivity index (χ2v) is 5.24. The fourth-order valence-electron chi connectivity index (χ4n) is 2.09. The number of aryl methyl sites for hydroxylation is 2. The average molecular weight is 298 g/mol. The van der Waals surface area contributed by atoms with Gasteiger partial charge in [0.2, 0.25) is 0 Å². The lowest BCUT2D eigenvalue weighted by molar-refractivity contribution is 0.247. The van der Waals surface area contributed by atoms with Crippen LogP contribution in [0.1, 0.15) is 16.7 Å². The summed E-state index contributed by atoms with van der Waals surface area (Å²) in [6.45, 7) is 6.93. The summed E-state index contributed by atoms with van der Waals surface area (Å²) in [6, 6.07) is 13.4. The van der Waals surface area contributed by atoms with E-state index in [0.717, 1.165) is 22.6 Å². The molecular formula is C18H22N2O2. The zero-order chi connectivity index (χ0) is 15.9. The van der Waals surface area contributed by atoms with Crippen molar-refractivity contribution in [1.82, 2.24) is 5.32 Å². The summed E-state index contributed by atoms with van der Waals surface area (Å²) < 4.78 is 5.70. The molecule has 2 N–H and O–H groups in total. The minimum atomic E-state index is -0.223. The number of anilines is 1. The van der Waals surface area contributed by atoms with Gasteiger partial charge in [0, 0.05) is 5.69 Å². The Morgan fingerprint density at radius 2 is 1.73 bits per heavy atom. The lowest BCUT2D eigenvalue weighted by atomic mass is 10.1. The van der Waals surface area contributed by atoms with Gasteiger partial charge in [-0.1, -0.05) is 30.3 Å². The Labute approximate surface area is 131 Å². The Kier molecular flexibility index (Phi) is 5.42. The molecule has 0 heterocycles. The van der Waals surface area contributed by atoms with Crippen LogP contribution in [0.4, 0.5) is 10.5 Å². The number of ether oxygens (including phenoxy) is 1. The highest BCUT2D eigenvalue weighted by molar-refractivity contribution is 5.89. The highest BCUT2D eigenvalue weighted by Crippen LogP contribution is 2.20. The van der Waals surface area contributed by atoms with Crippen LogP contribution >= 0.6 is 0 Å². The normalized spacial score (nSPS) is 10.1. The van der Waals surface area contributed by atoms with Crippen molar-refractivity contribution in [3.05, 3.63) is 59.2 Å². The fourth-order valence-corrected chi connectivity index (χ4v) is 2.09. The Morgan fingerprint density at radius 1 is 1.00 bits per heavy atom. The maximum Gasteiger partial charge on any atom is 0.319 e. The van der Waals surface area contributed by atoms with Crippen molar-refractivity contribution in [2.24, 2.45) is 0 Å². The number of urea groups is 1. The lowest BCUT2D eigenvalue weighted by Crippen LogP contribution is -2.32. The molecule has 2 rings (SSSR count). The molecule has 0 radical (unpaired) electrons. The van der Waals surface area contributed by atoms with E-state index in [1.54, 1.807) is 0 Å². The van der Waals surface area contributed by atoms with Gasteiger partial charge in [0.15, 0.2) is 0 Å². The van der Waals surface area contributed by atoms with E-state index < -0.39 is 0 Å². The van der Waals surface area contributed by atoms with E-state index in [1.807, 2.05) is 50.2 Å². The molecule has 0 spiro atoms. The van der Waals surface area contributed by atoms with E-state index in [9.17, 15) is 4.79 Å². The van der Waals surface area contributed by atoms with E-state index in [1.165, 1.54) is 5.56 Å². The van der Waals surface area contributed by atoms with Crippen LogP contribution in [0.2, 0.25) is 0 Å². The van der Waals surface area contributed by atoms with Crippen LogP contribution in [0.25, 0.3) is 0 Å². The van der Waals surface area contributed by atoms with E-state index in [4.69, 9.17) is 4.74 Å². The SMILES string of the molecule is Cc1ccccc1NC(=O)NCCOc1cccc(C)c1C. The molecule has 2 amide bonds. The Hall–Kier alpha value is -2.49. The molecular weight excluding hydrogens is 276 g/mol. The molecule has 0 saturated carbocycles. The van der Waals surface area contributed by atoms with Crippen LogP contribution in [0.15, 0.2) is 42.5 Å². The quantitative estimate of drug-likeness (QED) is 0.825. The van der Waals surface area contributed by atoms with Crippen LogP contribution in [0.5, 0.6) is 5.75 Å². The highest BCUT2D eigenvalue weighted by Gasteiger charge is 2.04. The number of benzene rings is 2. The number of carbonyl (C=O) groups is 1. The largest absolute Gasteiger partial charge is 0.491 e. The average Bonchev–Trinajstić information content (AvgIpc) is 2.50. The zero-order valence-corrected chi connectivity index (χ0v) is 13.3. The number of para-hydroxylation sites is 1. The standard InChI is InChI=1S/C18H22N2O2/c1-13-8-6-10-17(15(13)3)22-12-11-19-18(21)20-16-9-5-4-7-14(16)2/h4-10H,11-12H2,1-3H3,(H2,19,20,21). The third kappa shape index (κ3) is 4.25. The summed E-state index contributed by atoms with van der Waals surface area (Å²) in [5, 5.41) is 5.61. The van der Waals surface area contributed by atoms with Crippen molar-refractivity contribution >= 4 is 11.7 Å². The molecule has 4 nitrogen and oxygen atoms in total. The van der Waals surface area contributed by atoms with E-state index in [2.05, 4.69) is 23.6 Å². The fraction of sp³-hybridized carbons (Fsp3) is 0.278. The molecule has 0 bridgehead atoms. The van der Waals surface area contributed by atoms with Crippen LogP contribution in [-0.4, -0.2) is 19.2 Å². The minimum Gasteiger partial charge on any atom is -0.491 e. The van der Waals surface area contributed by atoms with Crippen molar-refractivity contribution in [3.8, 4) is 5.75 Å². The van der Waals surface area contributed by atoms with Crippen molar-refractivity contribution in [2.75, 3.05) is 18.5 Å². The molecule has 0 saturated heterocycles. The van der Waals surface area contributed by atoms with Crippen LogP contribution in [0.3, 0.4) is 0 Å². The predicted octanol–water partition coefficient (Wildman–Crippen LogP) is 3.81. The van der Waals surface area contributed by atoms with Gasteiger partial charge in [-0.2, -0.15) is 0 Å².